The van der Waals surface area contributed by atoms with Gasteiger partial charge in [-0.1, -0.05) is 127 Å². The Hall–Kier alpha value is -6.12. The van der Waals surface area contributed by atoms with Crippen LogP contribution in [0.1, 0.15) is 0 Å². The lowest BCUT2D eigenvalue weighted by Gasteiger charge is -2.23. The first-order valence-electron chi connectivity index (χ1n) is 15.8. The molecule has 0 saturated heterocycles. The number of rotatable bonds is 3. The van der Waals surface area contributed by atoms with Crippen LogP contribution >= 0.6 is 0 Å². The van der Waals surface area contributed by atoms with Gasteiger partial charge in [-0.05, 0) is 75.0 Å². The highest BCUT2D eigenvalue weighted by atomic mass is 16.5. The summed E-state index contributed by atoms with van der Waals surface area (Å²) in [7, 11) is 0. The van der Waals surface area contributed by atoms with Crippen molar-refractivity contribution in [2.24, 2.45) is 0 Å². The highest BCUT2D eigenvalue weighted by molar-refractivity contribution is 6.25. The SMILES string of the molecule is c1ccc(-n2c3ccccc3c3c(-c4ccccc4-c4ccc5c6c(cccc46)-c4ccccc4O5)cc4ccccc4c32)cc1. The molecule has 0 radical (unpaired) electrons. The molecule has 0 spiro atoms. The topological polar surface area (TPSA) is 14.2 Å². The van der Waals surface area contributed by atoms with Crippen LogP contribution in [0.25, 0.3) is 82.4 Å². The van der Waals surface area contributed by atoms with Crippen molar-refractivity contribution in [2.75, 3.05) is 0 Å². The lowest BCUT2D eigenvalue weighted by atomic mass is 9.86. The van der Waals surface area contributed by atoms with Gasteiger partial charge in [0.15, 0.2) is 0 Å². The zero-order valence-electron chi connectivity index (χ0n) is 24.9. The Morgan fingerprint density at radius 1 is 0.370 bits per heavy atom. The predicted octanol–water partition coefficient (Wildman–Crippen LogP) is 12.2. The fourth-order valence-corrected chi connectivity index (χ4v) is 7.66. The van der Waals surface area contributed by atoms with Crippen LogP contribution in [0, 0.1) is 0 Å². The molecule has 0 atom stereocenters. The van der Waals surface area contributed by atoms with Gasteiger partial charge in [0.05, 0.1) is 11.0 Å². The van der Waals surface area contributed by atoms with Crippen molar-refractivity contribution in [2.45, 2.75) is 0 Å². The van der Waals surface area contributed by atoms with Crippen LogP contribution in [-0.4, -0.2) is 4.57 Å². The third-order valence-electron chi connectivity index (χ3n) is 9.58. The third-order valence-corrected chi connectivity index (χ3v) is 9.58. The number of fused-ring (bicyclic) bond motifs is 7. The summed E-state index contributed by atoms with van der Waals surface area (Å²) < 4.78 is 8.89. The lowest BCUT2D eigenvalue weighted by Crippen LogP contribution is -1.98. The monoisotopic (exact) mass is 585 g/mol. The van der Waals surface area contributed by atoms with Gasteiger partial charge in [-0.2, -0.15) is 0 Å². The number of hydrogen-bond acceptors (Lipinski definition) is 1. The van der Waals surface area contributed by atoms with Gasteiger partial charge >= 0.3 is 0 Å². The summed E-state index contributed by atoms with van der Waals surface area (Å²) in [5.41, 5.74) is 10.8. The van der Waals surface area contributed by atoms with Gasteiger partial charge in [-0.25, -0.2) is 0 Å². The molecule has 1 aliphatic heterocycles. The molecule has 0 saturated carbocycles. The molecule has 1 aliphatic rings. The lowest BCUT2D eigenvalue weighted by molar-refractivity contribution is 0.487. The first-order chi connectivity index (χ1) is 22.8. The number of aromatic nitrogens is 1. The van der Waals surface area contributed by atoms with Gasteiger partial charge in [0, 0.05) is 32.8 Å². The van der Waals surface area contributed by atoms with Crippen molar-refractivity contribution in [3.63, 3.8) is 0 Å². The van der Waals surface area contributed by atoms with E-state index in [0.29, 0.717) is 0 Å². The smallest absolute Gasteiger partial charge is 0.135 e. The average Bonchev–Trinajstić information content (AvgIpc) is 3.48. The van der Waals surface area contributed by atoms with Gasteiger partial charge < -0.3 is 9.30 Å². The Balaban J connectivity index is 1.32. The van der Waals surface area contributed by atoms with E-state index in [9.17, 15) is 0 Å². The van der Waals surface area contributed by atoms with Gasteiger partial charge in [0.25, 0.3) is 0 Å². The maximum Gasteiger partial charge on any atom is 0.135 e. The highest BCUT2D eigenvalue weighted by Gasteiger charge is 2.24. The summed E-state index contributed by atoms with van der Waals surface area (Å²) >= 11 is 0. The molecule has 8 aromatic carbocycles. The molecule has 9 aromatic rings. The van der Waals surface area contributed by atoms with Crippen LogP contribution in [0.3, 0.4) is 0 Å². The molecule has 0 amide bonds. The second-order valence-electron chi connectivity index (χ2n) is 12.0. The second kappa shape index (κ2) is 9.69. The number of ether oxygens (including phenoxy) is 1. The Kier molecular flexibility index (Phi) is 5.31. The zero-order chi connectivity index (χ0) is 30.2. The quantitative estimate of drug-likeness (QED) is 0.201. The van der Waals surface area contributed by atoms with Crippen LogP contribution in [0.5, 0.6) is 11.5 Å². The summed E-state index contributed by atoms with van der Waals surface area (Å²) in [6.45, 7) is 0. The zero-order valence-corrected chi connectivity index (χ0v) is 24.9. The van der Waals surface area contributed by atoms with E-state index < -0.39 is 0 Å². The summed E-state index contributed by atoms with van der Waals surface area (Å²) in [5, 5.41) is 7.35. The minimum Gasteiger partial charge on any atom is -0.456 e. The van der Waals surface area contributed by atoms with E-state index in [2.05, 4.69) is 162 Å². The molecule has 46 heavy (non-hydrogen) atoms. The van der Waals surface area contributed by atoms with E-state index in [4.69, 9.17) is 4.74 Å². The van der Waals surface area contributed by atoms with Crippen molar-refractivity contribution in [3.05, 3.63) is 164 Å². The van der Waals surface area contributed by atoms with E-state index in [1.54, 1.807) is 0 Å². The maximum absolute atomic E-state index is 6.45. The fourth-order valence-electron chi connectivity index (χ4n) is 7.66. The summed E-state index contributed by atoms with van der Waals surface area (Å²) in [6.07, 6.45) is 0. The summed E-state index contributed by atoms with van der Waals surface area (Å²) in [4.78, 5) is 0. The molecule has 2 heteroatoms. The largest absolute Gasteiger partial charge is 0.456 e. The molecule has 0 aliphatic carbocycles. The molecule has 0 fully saturated rings. The van der Waals surface area contributed by atoms with Crippen LogP contribution in [0.4, 0.5) is 0 Å². The number of benzene rings is 8. The number of nitrogens with zero attached hydrogens (tertiary/aromatic N) is 1. The van der Waals surface area contributed by atoms with Crippen LogP contribution in [0.15, 0.2) is 164 Å². The minimum atomic E-state index is 0.906. The maximum atomic E-state index is 6.45. The Morgan fingerprint density at radius 2 is 1.02 bits per heavy atom. The first-order valence-corrected chi connectivity index (χ1v) is 15.8. The first kappa shape index (κ1) is 25.2. The molecule has 2 heterocycles. The molecule has 0 N–H and O–H groups in total. The van der Waals surface area contributed by atoms with Crippen molar-refractivity contribution in [1.29, 1.82) is 0 Å². The molecule has 10 rings (SSSR count). The molecular formula is C44H27NO. The van der Waals surface area contributed by atoms with E-state index in [1.165, 1.54) is 65.8 Å². The van der Waals surface area contributed by atoms with E-state index in [-0.39, 0.29) is 0 Å². The summed E-state index contributed by atoms with van der Waals surface area (Å²) in [5.74, 6) is 1.81. The number of para-hydroxylation sites is 3. The van der Waals surface area contributed by atoms with E-state index in [0.717, 1.165) is 28.1 Å². The van der Waals surface area contributed by atoms with Crippen LogP contribution in [-0.2, 0) is 0 Å². The highest BCUT2D eigenvalue weighted by Crippen LogP contribution is 2.50. The Morgan fingerprint density at radius 3 is 1.89 bits per heavy atom. The van der Waals surface area contributed by atoms with Crippen molar-refractivity contribution < 1.29 is 4.74 Å². The fraction of sp³-hybridized carbons (Fsp3) is 0. The molecule has 0 unspecified atom stereocenters. The molecule has 1 aromatic heterocycles. The minimum absolute atomic E-state index is 0.906. The Labute approximate surface area is 266 Å². The van der Waals surface area contributed by atoms with Crippen molar-refractivity contribution in [3.8, 4) is 50.6 Å². The van der Waals surface area contributed by atoms with Crippen molar-refractivity contribution in [1.82, 2.24) is 4.57 Å². The predicted molar refractivity (Wildman–Crippen MR) is 192 cm³/mol. The third kappa shape index (κ3) is 3.53. The standard InChI is InChI=1S/C44H27NO/c1-2-14-29(15-3-1)45-39-23-10-8-20-37(39)43-38(27-28-13-4-5-16-30(28)44(43)45)32-18-7-6-17-31(32)33-25-26-41-42-35(33)21-12-22-36(42)34-19-9-11-24-40(34)46-41/h1-27H. The molecular weight excluding hydrogens is 558 g/mol. The van der Waals surface area contributed by atoms with Gasteiger partial charge in [-0.15, -0.1) is 0 Å². The van der Waals surface area contributed by atoms with Gasteiger partial charge in [0.1, 0.15) is 11.5 Å². The van der Waals surface area contributed by atoms with Gasteiger partial charge in [-0.3, -0.25) is 0 Å². The van der Waals surface area contributed by atoms with Gasteiger partial charge in [0.2, 0.25) is 0 Å². The van der Waals surface area contributed by atoms with E-state index in [1.807, 2.05) is 6.07 Å². The second-order valence-corrected chi connectivity index (χ2v) is 12.0. The van der Waals surface area contributed by atoms with Crippen LogP contribution < -0.4 is 4.74 Å². The molecule has 0 bridgehead atoms. The van der Waals surface area contributed by atoms with Crippen molar-refractivity contribution >= 4 is 43.4 Å². The molecule has 2 nitrogen and oxygen atoms in total. The van der Waals surface area contributed by atoms with Crippen LogP contribution in [0.2, 0.25) is 0 Å². The normalized spacial score (nSPS) is 12.1. The Bertz CT molecular complexity index is 2660. The number of hydrogen-bond donors (Lipinski definition) is 0. The summed E-state index contributed by atoms with van der Waals surface area (Å²) in [6, 6.07) is 59.0. The van der Waals surface area contributed by atoms with E-state index >= 15 is 0 Å². The average molecular weight is 586 g/mol. The molecule has 214 valence electrons.